The van der Waals surface area contributed by atoms with Gasteiger partial charge in [0.25, 0.3) is 0 Å². The summed E-state index contributed by atoms with van der Waals surface area (Å²) in [4.78, 5) is 18.0. The molecule has 1 saturated heterocycles. The van der Waals surface area contributed by atoms with Gasteiger partial charge in [0, 0.05) is 39.0 Å². The van der Waals surface area contributed by atoms with Crippen molar-refractivity contribution in [2.75, 3.05) is 32.7 Å². The molecule has 0 radical (unpaired) electrons. The number of nitrogens with zero attached hydrogens (tertiary/aromatic N) is 2. The fraction of sp³-hybridized carbons (Fsp3) is 0.556. The number of carbonyl (C=O) groups excluding carboxylic acids is 1. The molecule has 1 aliphatic heterocycles. The van der Waals surface area contributed by atoms with Crippen molar-refractivity contribution in [1.29, 1.82) is 0 Å². The molecule has 0 saturated carbocycles. The molecule has 0 aliphatic carbocycles. The summed E-state index contributed by atoms with van der Waals surface area (Å²) < 4.78 is 5.33. The van der Waals surface area contributed by atoms with Gasteiger partial charge in [-0.2, -0.15) is 0 Å². The molecule has 0 spiro atoms. The molecular weight excluding hydrogens is 304 g/mol. The predicted octanol–water partition coefficient (Wildman–Crippen LogP) is 1.95. The SMILES string of the molecule is C=C(C)CN=C(NCCCN1CCCC1=O)NCCc1ccco1. The van der Waals surface area contributed by atoms with Gasteiger partial charge in [0.2, 0.25) is 5.91 Å². The van der Waals surface area contributed by atoms with Gasteiger partial charge in [-0.05, 0) is 31.9 Å². The van der Waals surface area contributed by atoms with Crippen molar-refractivity contribution in [2.24, 2.45) is 4.99 Å². The van der Waals surface area contributed by atoms with Crippen LogP contribution in [0.3, 0.4) is 0 Å². The summed E-state index contributed by atoms with van der Waals surface area (Å²) in [5.41, 5.74) is 1.02. The second-order valence-electron chi connectivity index (χ2n) is 6.14. The van der Waals surface area contributed by atoms with Crippen LogP contribution < -0.4 is 10.6 Å². The van der Waals surface area contributed by atoms with Crippen molar-refractivity contribution in [3.63, 3.8) is 0 Å². The quantitative estimate of drug-likeness (QED) is 0.314. The second kappa shape index (κ2) is 9.80. The van der Waals surface area contributed by atoms with Crippen molar-refractivity contribution in [2.45, 2.75) is 32.6 Å². The van der Waals surface area contributed by atoms with E-state index < -0.39 is 0 Å². The fourth-order valence-corrected chi connectivity index (χ4v) is 2.56. The number of guanidine groups is 1. The van der Waals surface area contributed by atoms with E-state index in [2.05, 4.69) is 22.2 Å². The van der Waals surface area contributed by atoms with Crippen molar-refractivity contribution in [3.05, 3.63) is 36.3 Å². The summed E-state index contributed by atoms with van der Waals surface area (Å²) in [5, 5.41) is 6.63. The normalized spacial score (nSPS) is 15.0. The Kier molecular flexibility index (Phi) is 7.39. The zero-order valence-corrected chi connectivity index (χ0v) is 14.5. The Balaban J connectivity index is 1.70. The van der Waals surface area contributed by atoms with Crippen LogP contribution in [0.25, 0.3) is 0 Å². The van der Waals surface area contributed by atoms with Gasteiger partial charge in [-0.1, -0.05) is 12.2 Å². The van der Waals surface area contributed by atoms with Gasteiger partial charge in [0.15, 0.2) is 5.96 Å². The molecular formula is C18H28N4O2. The van der Waals surface area contributed by atoms with E-state index in [1.54, 1.807) is 6.26 Å². The Bertz CT molecular complexity index is 551. The Hall–Kier alpha value is -2.24. The van der Waals surface area contributed by atoms with Gasteiger partial charge < -0.3 is 20.0 Å². The summed E-state index contributed by atoms with van der Waals surface area (Å²) in [6.45, 7) is 9.69. The van der Waals surface area contributed by atoms with Gasteiger partial charge in [0.1, 0.15) is 5.76 Å². The molecule has 0 bridgehead atoms. The molecule has 2 rings (SSSR count). The highest BCUT2D eigenvalue weighted by atomic mass is 16.3. The van der Waals surface area contributed by atoms with Crippen molar-refractivity contribution in [3.8, 4) is 0 Å². The number of hydrogen-bond donors (Lipinski definition) is 2. The molecule has 0 unspecified atom stereocenters. The maximum atomic E-state index is 11.6. The zero-order valence-electron chi connectivity index (χ0n) is 14.5. The van der Waals surface area contributed by atoms with E-state index in [4.69, 9.17) is 4.42 Å². The summed E-state index contributed by atoms with van der Waals surface area (Å²) in [6, 6.07) is 3.86. The smallest absolute Gasteiger partial charge is 0.222 e. The lowest BCUT2D eigenvalue weighted by Gasteiger charge is -2.16. The van der Waals surface area contributed by atoms with Gasteiger partial charge in [-0.3, -0.25) is 4.79 Å². The Labute approximate surface area is 144 Å². The summed E-state index contributed by atoms with van der Waals surface area (Å²) in [5.74, 6) is 2.01. The van der Waals surface area contributed by atoms with Crippen molar-refractivity contribution < 1.29 is 9.21 Å². The van der Waals surface area contributed by atoms with E-state index in [0.717, 1.165) is 62.7 Å². The number of likely N-dealkylation sites (tertiary alicyclic amines) is 1. The number of hydrogen-bond acceptors (Lipinski definition) is 3. The van der Waals surface area contributed by atoms with Gasteiger partial charge in [0.05, 0.1) is 12.8 Å². The Morgan fingerprint density at radius 2 is 2.25 bits per heavy atom. The van der Waals surface area contributed by atoms with E-state index in [1.165, 1.54) is 0 Å². The minimum absolute atomic E-state index is 0.280. The summed E-state index contributed by atoms with van der Waals surface area (Å²) >= 11 is 0. The maximum absolute atomic E-state index is 11.6. The Morgan fingerprint density at radius 3 is 2.92 bits per heavy atom. The van der Waals surface area contributed by atoms with Crippen LogP contribution in [0.15, 0.2) is 40.0 Å². The lowest BCUT2D eigenvalue weighted by Crippen LogP contribution is -2.40. The minimum Gasteiger partial charge on any atom is -0.469 e. The number of amides is 1. The van der Waals surface area contributed by atoms with Crippen LogP contribution >= 0.6 is 0 Å². The molecule has 6 nitrogen and oxygen atoms in total. The third kappa shape index (κ3) is 6.48. The second-order valence-corrected chi connectivity index (χ2v) is 6.14. The van der Waals surface area contributed by atoms with Crippen LogP contribution in [0.1, 0.15) is 31.9 Å². The Morgan fingerprint density at radius 1 is 1.42 bits per heavy atom. The number of aliphatic imine (C=N–C) groups is 1. The highest BCUT2D eigenvalue weighted by Crippen LogP contribution is 2.09. The fourth-order valence-electron chi connectivity index (χ4n) is 2.56. The predicted molar refractivity (Wildman–Crippen MR) is 96.0 cm³/mol. The van der Waals surface area contributed by atoms with Crippen LogP contribution in [-0.2, 0) is 11.2 Å². The number of furan rings is 1. The van der Waals surface area contributed by atoms with E-state index in [1.807, 2.05) is 24.0 Å². The number of nitrogens with one attached hydrogen (secondary N) is 2. The minimum atomic E-state index is 0.280. The van der Waals surface area contributed by atoms with Crippen LogP contribution in [0.2, 0.25) is 0 Å². The molecule has 132 valence electrons. The van der Waals surface area contributed by atoms with E-state index >= 15 is 0 Å². The molecule has 1 aliphatic rings. The third-order valence-corrected chi connectivity index (χ3v) is 3.82. The molecule has 2 N–H and O–H groups in total. The number of carbonyl (C=O) groups is 1. The zero-order chi connectivity index (χ0) is 17.2. The van der Waals surface area contributed by atoms with E-state index in [0.29, 0.717) is 13.0 Å². The highest BCUT2D eigenvalue weighted by molar-refractivity contribution is 5.80. The molecule has 0 atom stereocenters. The lowest BCUT2D eigenvalue weighted by molar-refractivity contribution is -0.127. The first-order chi connectivity index (χ1) is 11.6. The molecule has 6 heteroatoms. The van der Waals surface area contributed by atoms with Gasteiger partial charge in [-0.15, -0.1) is 0 Å². The van der Waals surface area contributed by atoms with E-state index in [-0.39, 0.29) is 5.91 Å². The summed E-state index contributed by atoms with van der Waals surface area (Å²) in [6.07, 6.45) is 5.10. The van der Waals surface area contributed by atoms with Crippen LogP contribution in [-0.4, -0.2) is 49.5 Å². The first-order valence-electron chi connectivity index (χ1n) is 8.62. The first kappa shape index (κ1) is 18.1. The molecule has 1 amide bonds. The maximum Gasteiger partial charge on any atom is 0.222 e. The average molecular weight is 332 g/mol. The summed E-state index contributed by atoms with van der Waals surface area (Å²) in [7, 11) is 0. The number of rotatable bonds is 9. The third-order valence-electron chi connectivity index (χ3n) is 3.82. The monoisotopic (exact) mass is 332 g/mol. The van der Waals surface area contributed by atoms with Gasteiger partial charge in [-0.25, -0.2) is 4.99 Å². The van der Waals surface area contributed by atoms with Gasteiger partial charge >= 0.3 is 0 Å². The van der Waals surface area contributed by atoms with Crippen LogP contribution in [0, 0.1) is 0 Å². The first-order valence-corrected chi connectivity index (χ1v) is 8.62. The highest BCUT2D eigenvalue weighted by Gasteiger charge is 2.18. The van der Waals surface area contributed by atoms with E-state index in [9.17, 15) is 4.79 Å². The lowest BCUT2D eigenvalue weighted by atomic mass is 10.3. The van der Waals surface area contributed by atoms with Crippen molar-refractivity contribution >= 4 is 11.9 Å². The molecule has 1 aromatic heterocycles. The largest absolute Gasteiger partial charge is 0.469 e. The van der Waals surface area contributed by atoms with Crippen LogP contribution in [0.4, 0.5) is 0 Å². The molecule has 1 fully saturated rings. The van der Waals surface area contributed by atoms with Crippen LogP contribution in [0.5, 0.6) is 0 Å². The molecule has 0 aromatic carbocycles. The average Bonchev–Trinajstić information content (AvgIpc) is 3.20. The standard InChI is InChI=1S/C18H28N4O2/c1-15(2)14-21-18(20-10-8-16-6-4-13-24-16)19-9-5-12-22-11-3-7-17(22)23/h4,6,13H,1,3,5,7-12,14H2,2H3,(H2,19,20,21). The molecule has 2 heterocycles. The topological polar surface area (TPSA) is 69.9 Å². The molecule has 24 heavy (non-hydrogen) atoms. The molecule has 1 aromatic rings. The van der Waals surface area contributed by atoms with Crippen molar-refractivity contribution in [1.82, 2.24) is 15.5 Å².